The largest absolute Gasteiger partial charge is 0.418 e. The third-order valence-electron chi connectivity index (χ3n) is 6.09. The number of hydroxylamine groups is 1. The first kappa shape index (κ1) is 28.3. The summed E-state index contributed by atoms with van der Waals surface area (Å²) in [6.07, 6.45) is -3.24. The van der Waals surface area contributed by atoms with Crippen molar-refractivity contribution in [2.75, 3.05) is 10.6 Å². The van der Waals surface area contributed by atoms with E-state index in [1.807, 2.05) is 30.3 Å². The number of halogens is 4. The van der Waals surface area contributed by atoms with E-state index in [4.69, 9.17) is 16.4 Å². The van der Waals surface area contributed by atoms with Crippen molar-refractivity contribution in [1.29, 1.82) is 0 Å². The second kappa shape index (κ2) is 11.0. The molecular formula is C27H22ClF3N6O3S. The lowest BCUT2D eigenvalue weighted by molar-refractivity contribution is -0.136. The van der Waals surface area contributed by atoms with Crippen molar-refractivity contribution in [1.82, 2.24) is 20.7 Å². The highest BCUT2D eigenvalue weighted by Crippen LogP contribution is 2.41. The number of hydrogen-bond donors (Lipinski definition) is 4. The molecule has 0 unspecified atom stereocenters. The summed E-state index contributed by atoms with van der Waals surface area (Å²) in [6, 6.07) is 14.7. The van der Waals surface area contributed by atoms with Crippen LogP contribution in [0.5, 0.6) is 0 Å². The molecule has 3 aromatic carbocycles. The number of benzene rings is 3. The first-order valence-electron chi connectivity index (χ1n) is 12.1. The molecule has 0 bridgehead atoms. The molecule has 14 heteroatoms. The molecule has 212 valence electrons. The van der Waals surface area contributed by atoms with Gasteiger partial charge in [0.2, 0.25) is 0 Å². The monoisotopic (exact) mass is 602 g/mol. The van der Waals surface area contributed by atoms with Crippen LogP contribution >= 0.6 is 22.9 Å². The highest BCUT2D eigenvalue weighted by molar-refractivity contribution is 7.23. The lowest BCUT2D eigenvalue weighted by Crippen LogP contribution is -2.44. The van der Waals surface area contributed by atoms with Gasteiger partial charge in [0.25, 0.3) is 11.8 Å². The van der Waals surface area contributed by atoms with E-state index in [1.54, 1.807) is 19.9 Å². The third-order valence-corrected chi connectivity index (χ3v) is 7.43. The zero-order valence-corrected chi connectivity index (χ0v) is 23.1. The molecule has 0 spiro atoms. The van der Waals surface area contributed by atoms with Crippen molar-refractivity contribution in [2.24, 2.45) is 0 Å². The van der Waals surface area contributed by atoms with Crippen molar-refractivity contribution >= 4 is 66.7 Å². The van der Waals surface area contributed by atoms with Gasteiger partial charge in [0.05, 0.1) is 44.7 Å². The number of nitrogens with zero attached hydrogens (tertiary/aromatic N) is 2. The lowest BCUT2D eigenvalue weighted by Gasteiger charge is -2.26. The number of fused-ring (bicyclic) bond motifs is 3. The fourth-order valence-electron chi connectivity index (χ4n) is 4.02. The molecule has 5 rings (SSSR count). The van der Waals surface area contributed by atoms with E-state index in [-0.39, 0.29) is 38.1 Å². The van der Waals surface area contributed by atoms with Gasteiger partial charge in [-0.3, -0.25) is 24.8 Å². The number of thiazole rings is 1. The van der Waals surface area contributed by atoms with Gasteiger partial charge in [0.15, 0.2) is 5.13 Å². The number of carbonyl (C=O) groups is 2. The number of hydrogen-bond acceptors (Lipinski definition) is 7. The molecule has 0 fully saturated rings. The zero-order chi connectivity index (χ0) is 29.4. The highest BCUT2D eigenvalue weighted by atomic mass is 35.5. The Morgan fingerprint density at radius 1 is 1.10 bits per heavy atom. The summed E-state index contributed by atoms with van der Waals surface area (Å²) < 4.78 is 41.4. The minimum Gasteiger partial charge on any atom is -0.372 e. The number of carbonyl (C=O) groups excluding carboxylic acids is 2. The summed E-state index contributed by atoms with van der Waals surface area (Å²) in [4.78, 5) is 35.3. The Morgan fingerprint density at radius 3 is 2.59 bits per heavy atom. The Labute approximate surface area is 240 Å². The van der Waals surface area contributed by atoms with E-state index in [9.17, 15) is 22.8 Å². The molecule has 5 aromatic rings. The average molecular weight is 603 g/mol. The molecule has 0 saturated heterocycles. The van der Waals surface area contributed by atoms with Crippen LogP contribution < -0.4 is 16.1 Å². The molecule has 0 atom stereocenters. The number of amides is 2. The predicted molar refractivity (Wildman–Crippen MR) is 151 cm³/mol. The van der Waals surface area contributed by atoms with Gasteiger partial charge in [-0.05, 0) is 43.7 Å². The first-order chi connectivity index (χ1) is 19.4. The number of nitrogens with one attached hydrogen (secondary N) is 4. The quantitative estimate of drug-likeness (QED) is 0.150. The fraction of sp³-hybridized carbons (Fsp3) is 0.185. The van der Waals surface area contributed by atoms with E-state index >= 15 is 0 Å². The van der Waals surface area contributed by atoms with E-state index in [0.29, 0.717) is 11.1 Å². The number of anilines is 2. The van der Waals surface area contributed by atoms with Crippen LogP contribution in [-0.2, 0) is 22.4 Å². The fourth-order valence-corrected chi connectivity index (χ4v) is 5.22. The van der Waals surface area contributed by atoms with Crippen LogP contribution in [0.25, 0.3) is 21.1 Å². The average Bonchev–Trinajstić information content (AvgIpc) is 3.55. The Hall–Kier alpha value is -4.20. The Morgan fingerprint density at radius 2 is 1.85 bits per heavy atom. The zero-order valence-electron chi connectivity index (χ0n) is 21.5. The van der Waals surface area contributed by atoms with Crippen LogP contribution in [0.4, 0.5) is 24.0 Å². The summed E-state index contributed by atoms with van der Waals surface area (Å²) >= 11 is 7.14. The predicted octanol–water partition coefficient (Wildman–Crippen LogP) is 6.54. The second-order valence-corrected chi connectivity index (χ2v) is 11.0. The van der Waals surface area contributed by atoms with Crippen molar-refractivity contribution < 1.29 is 27.6 Å². The van der Waals surface area contributed by atoms with Gasteiger partial charge in [-0.2, -0.15) is 18.3 Å². The SMILES string of the molecule is CC(C)(Nc1ccc(Cl)c(C(=O)NOCc2ccccc2)c1)C(=O)Nc1nc2c(C(F)(F)F)cc3[nH]ncc3c2s1. The smallest absolute Gasteiger partial charge is 0.372 e. The highest BCUT2D eigenvalue weighted by Gasteiger charge is 2.36. The van der Waals surface area contributed by atoms with Gasteiger partial charge in [-0.25, -0.2) is 10.5 Å². The Bertz CT molecular complexity index is 1750. The van der Waals surface area contributed by atoms with Crippen molar-refractivity contribution in [2.45, 2.75) is 32.2 Å². The molecule has 0 aliphatic carbocycles. The van der Waals surface area contributed by atoms with Crippen LogP contribution in [0, 0.1) is 0 Å². The van der Waals surface area contributed by atoms with Crippen molar-refractivity contribution in [3.8, 4) is 0 Å². The summed E-state index contributed by atoms with van der Waals surface area (Å²) in [6.45, 7) is 3.29. The number of aromatic nitrogens is 3. The maximum atomic E-state index is 13.7. The van der Waals surface area contributed by atoms with Gasteiger partial charge in [-0.15, -0.1) is 0 Å². The van der Waals surface area contributed by atoms with E-state index in [2.05, 4.69) is 31.3 Å². The van der Waals surface area contributed by atoms with Crippen molar-refractivity contribution in [3.63, 3.8) is 0 Å². The molecule has 2 aromatic heterocycles. The van der Waals surface area contributed by atoms with Crippen LogP contribution in [0.3, 0.4) is 0 Å². The van der Waals surface area contributed by atoms with E-state index in [0.717, 1.165) is 23.0 Å². The minimum absolute atomic E-state index is 0.00851. The molecular weight excluding hydrogens is 581 g/mol. The van der Waals surface area contributed by atoms with Gasteiger partial charge >= 0.3 is 6.18 Å². The van der Waals surface area contributed by atoms with Crippen LogP contribution in [-0.4, -0.2) is 32.5 Å². The summed E-state index contributed by atoms with van der Waals surface area (Å²) in [5.74, 6) is -1.15. The van der Waals surface area contributed by atoms with Crippen LogP contribution in [0.2, 0.25) is 5.02 Å². The van der Waals surface area contributed by atoms with Gasteiger partial charge < -0.3 is 5.32 Å². The molecule has 2 amide bonds. The molecule has 0 saturated carbocycles. The lowest BCUT2D eigenvalue weighted by atomic mass is 10.0. The Kier molecular flexibility index (Phi) is 7.60. The normalized spacial score (nSPS) is 12.0. The molecule has 0 radical (unpaired) electrons. The molecule has 9 nitrogen and oxygen atoms in total. The number of aromatic amines is 1. The molecule has 0 aliphatic heterocycles. The van der Waals surface area contributed by atoms with Crippen LogP contribution in [0.1, 0.15) is 35.3 Å². The third kappa shape index (κ3) is 6.11. The van der Waals surface area contributed by atoms with Crippen molar-refractivity contribution in [3.05, 3.63) is 82.5 Å². The second-order valence-electron chi connectivity index (χ2n) is 9.55. The Balaban J connectivity index is 1.31. The first-order valence-corrected chi connectivity index (χ1v) is 13.3. The molecule has 0 aliphatic rings. The van der Waals surface area contributed by atoms with Gasteiger partial charge in [-0.1, -0.05) is 53.3 Å². The summed E-state index contributed by atoms with van der Waals surface area (Å²) in [5.41, 5.74) is 1.43. The number of H-pyrrole nitrogens is 1. The molecule has 41 heavy (non-hydrogen) atoms. The van der Waals surface area contributed by atoms with E-state index < -0.39 is 29.1 Å². The minimum atomic E-state index is -4.65. The summed E-state index contributed by atoms with van der Waals surface area (Å²) in [5, 5.41) is 12.6. The maximum Gasteiger partial charge on any atom is 0.418 e. The number of alkyl halides is 3. The standard InChI is InChI=1S/C27H22ClF3N6O3S/c1-26(2,35-15-8-9-19(28)16(10-15)23(38)37-40-13-14-6-4-3-5-7-14)24(39)34-25-33-21-18(27(29,30)31)11-20-17(12-32-36-20)22(21)41-25/h3-12,35H,13H2,1-2H3,(H,32,36)(H,37,38)(H,33,34,39). The molecule has 2 heterocycles. The van der Waals surface area contributed by atoms with Gasteiger partial charge in [0, 0.05) is 11.1 Å². The van der Waals surface area contributed by atoms with Crippen LogP contribution in [0.15, 0.2) is 60.8 Å². The van der Waals surface area contributed by atoms with Gasteiger partial charge in [0.1, 0.15) is 5.54 Å². The van der Waals surface area contributed by atoms with E-state index in [1.165, 1.54) is 18.3 Å². The summed E-state index contributed by atoms with van der Waals surface area (Å²) in [7, 11) is 0. The maximum absolute atomic E-state index is 13.7. The topological polar surface area (TPSA) is 121 Å². The molecule has 4 N–H and O–H groups in total. The number of rotatable bonds is 8.